The van der Waals surface area contributed by atoms with Gasteiger partial charge in [-0.25, -0.2) is 4.79 Å². The van der Waals surface area contributed by atoms with Crippen molar-refractivity contribution in [3.63, 3.8) is 0 Å². The summed E-state index contributed by atoms with van der Waals surface area (Å²) >= 11 is 2.19. The highest BCUT2D eigenvalue weighted by atomic mass is 32.2. The first-order valence-corrected chi connectivity index (χ1v) is 11.5. The highest BCUT2D eigenvalue weighted by molar-refractivity contribution is 8.00. The van der Waals surface area contributed by atoms with Gasteiger partial charge in [-0.15, -0.1) is 0 Å². The molecule has 5 rings (SSSR count). The lowest BCUT2D eigenvalue weighted by atomic mass is 9.96. The van der Waals surface area contributed by atoms with E-state index in [9.17, 15) is 4.79 Å². The summed E-state index contributed by atoms with van der Waals surface area (Å²) in [6.07, 6.45) is 6.24. The lowest BCUT2D eigenvalue weighted by Crippen LogP contribution is -2.29. The number of alkyl carbamates (subject to hydrolysis) is 1. The number of carbonyl (C=O) groups excluding carboxylic acids is 1. The van der Waals surface area contributed by atoms with Crippen LogP contribution in [0.4, 0.5) is 4.79 Å². The van der Waals surface area contributed by atoms with Gasteiger partial charge < -0.3 is 10.1 Å². The summed E-state index contributed by atoms with van der Waals surface area (Å²) in [6.45, 7) is 1.12. The number of benzene rings is 2. The quantitative estimate of drug-likeness (QED) is 0.720. The molecule has 2 heterocycles. The molecule has 0 saturated carbocycles. The van der Waals surface area contributed by atoms with Crippen molar-refractivity contribution in [3.8, 4) is 11.1 Å². The van der Waals surface area contributed by atoms with Crippen molar-refractivity contribution in [2.75, 3.05) is 13.2 Å². The van der Waals surface area contributed by atoms with E-state index in [1.54, 1.807) is 0 Å². The predicted octanol–water partition coefficient (Wildman–Crippen LogP) is 5.59. The van der Waals surface area contributed by atoms with Gasteiger partial charge in [0.25, 0.3) is 0 Å². The van der Waals surface area contributed by atoms with Crippen LogP contribution in [0.1, 0.15) is 49.1 Å². The molecule has 1 N–H and O–H groups in total. The van der Waals surface area contributed by atoms with E-state index in [1.165, 1.54) is 47.9 Å². The van der Waals surface area contributed by atoms with E-state index < -0.39 is 0 Å². The number of carbonyl (C=O) groups is 1. The number of hydrogen-bond acceptors (Lipinski definition) is 3. The van der Waals surface area contributed by atoms with Gasteiger partial charge in [0.15, 0.2) is 0 Å². The molecule has 4 heteroatoms. The minimum atomic E-state index is -0.282. The van der Waals surface area contributed by atoms with Gasteiger partial charge >= 0.3 is 6.09 Å². The Morgan fingerprint density at radius 1 is 0.964 bits per heavy atom. The van der Waals surface area contributed by atoms with Crippen LogP contribution in [0.2, 0.25) is 0 Å². The molecule has 1 aliphatic carbocycles. The third kappa shape index (κ3) is 3.55. The van der Waals surface area contributed by atoms with Crippen LogP contribution in [-0.4, -0.2) is 29.7 Å². The molecule has 0 spiro atoms. The first kappa shape index (κ1) is 18.1. The maximum Gasteiger partial charge on any atom is 0.407 e. The monoisotopic (exact) mass is 393 g/mol. The van der Waals surface area contributed by atoms with Crippen LogP contribution in [0.5, 0.6) is 0 Å². The van der Waals surface area contributed by atoms with E-state index in [2.05, 4.69) is 65.6 Å². The normalized spacial score (nSPS) is 25.2. The molecule has 146 valence electrons. The Bertz CT molecular complexity index is 810. The van der Waals surface area contributed by atoms with Gasteiger partial charge in [-0.2, -0.15) is 11.8 Å². The Morgan fingerprint density at radius 3 is 2.21 bits per heavy atom. The molecule has 3 aliphatic rings. The second-order valence-electron chi connectivity index (χ2n) is 8.34. The van der Waals surface area contributed by atoms with Gasteiger partial charge in [-0.3, -0.25) is 0 Å². The number of rotatable bonds is 5. The molecule has 2 saturated heterocycles. The Balaban J connectivity index is 1.14. The molecule has 2 aliphatic heterocycles. The van der Waals surface area contributed by atoms with Crippen LogP contribution in [0.3, 0.4) is 0 Å². The highest BCUT2D eigenvalue weighted by Gasteiger charge is 2.34. The van der Waals surface area contributed by atoms with Crippen LogP contribution in [0.15, 0.2) is 48.5 Å². The van der Waals surface area contributed by atoms with E-state index in [0.29, 0.717) is 6.61 Å². The minimum absolute atomic E-state index is 0.129. The van der Waals surface area contributed by atoms with Crippen molar-refractivity contribution in [1.29, 1.82) is 0 Å². The molecular formula is C24H27NO2S. The standard InChI is InChI=1S/C24H27NO2S/c26-24(25-12-11-16-13-17-9-10-18(14-16)28-17)27-15-23-21-7-3-1-5-19(21)20-6-2-4-8-22(20)23/h1-8,16-18,23H,9-15H2,(H,25,26). The zero-order valence-corrected chi connectivity index (χ0v) is 16.9. The van der Waals surface area contributed by atoms with Gasteiger partial charge in [0, 0.05) is 23.0 Å². The van der Waals surface area contributed by atoms with E-state index in [4.69, 9.17) is 4.74 Å². The van der Waals surface area contributed by atoms with Crippen LogP contribution < -0.4 is 5.32 Å². The summed E-state index contributed by atoms with van der Waals surface area (Å²) in [5.74, 6) is 0.900. The lowest BCUT2D eigenvalue weighted by Gasteiger charge is -2.27. The third-order valence-corrected chi connectivity index (χ3v) is 8.18. The van der Waals surface area contributed by atoms with Crippen molar-refractivity contribution in [2.45, 2.75) is 48.5 Å². The number of hydrogen-bond donors (Lipinski definition) is 1. The molecule has 28 heavy (non-hydrogen) atoms. The SMILES string of the molecule is O=C(NCCC1CC2CCC(C1)S2)OCC1c2ccccc2-c2ccccc21. The molecule has 2 unspecified atom stereocenters. The maximum absolute atomic E-state index is 12.3. The topological polar surface area (TPSA) is 38.3 Å². The fourth-order valence-electron chi connectivity index (χ4n) is 5.23. The van der Waals surface area contributed by atoms with Gasteiger partial charge in [0.05, 0.1) is 0 Å². The van der Waals surface area contributed by atoms with Crippen molar-refractivity contribution in [2.24, 2.45) is 5.92 Å². The highest BCUT2D eigenvalue weighted by Crippen LogP contribution is 2.47. The van der Waals surface area contributed by atoms with Crippen molar-refractivity contribution in [1.82, 2.24) is 5.32 Å². The average molecular weight is 394 g/mol. The molecule has 2 fully saturated rings. The van der Waals surface area contributed by atoms with Crippen molar-refractivity contribution in [3.05, 3.63) is 59.7 Å². The molecule has 2 bridgehead atoms. The maximum atomic E-state index is 12.3. The zero-order valence-electron chi connectivity index (χ0n) is 16.1. The Labute approximate surface area is 171 Å². The summed E-state index contributed by atoms with van der Waals surface area (Å²) < 4.78 is 5.63. The molecule has 0 aromatic heterocycles. The summed E-state index contributed by atoms with van der Waals surface area (Å²) in [6, 6.07) is 16.9. The Morgan fingerprint density at radius 2 is 1.57 bits per heavy atom. The number of thioether (sulfide) groups is 1. The molecule has 2 aromatic rings. The zero-order chi connectivity index (χ0) is 18.9. The van der Waals surface area contributed by atoms with Gasteiger partial charge in [-0.1, -0.05) is 48.5 Å². The number of fused-ring (bicyclic) bond motifs is 5. The second-order valence-corrected chi connectivity index (χ2v) is 9.94. The molecule has 0 radical (unpaired) electrons. The molecule has 3 nitrogen and oxygen atoms in total. The Hall–Kier alpha value is -1.94. The van der Waals surface area contributed by atoms with Crippen molar-refractivity contribution < 1.29 is 9.53 Å². The van der Waals surface area contributed by atoms with E-state index >= 15 is 0 Å². The summed E-state index contributed by atoms with van der Waals surface area (Å²) in [4.78, 5) is 12.3. The van der Waals surface area contributed by atoms with Crippen LogP contribution in [0.25, 0.3) is 11.1 Å². The number of nitrogens with one attached hydrogen (secondary N) is 1. The Kier molecular flexibility index (Phi) is 5.06. The van der Waals surface area contributed by atoms with Gasteiger partial charge in [0.1, 0.15) is 6.61 Å². The first-order valence-electron chi connectivity index (χ1n) is 10.5. The van der Waals surface area contributed by atoms with Gasteiger partial charge in [0.2, 0.25) is 0 Å². The minimum Gasteiger partial charge on any atom is -0.449 e. The third-order valence-electron chi connectivity index (χ3n) is 6.55. The smallest absolute Gasteiger partial charge is 0.407 e. The largest absolute Gasteiger partial charge is 0.449 e. The second kappa shape index (κ2) is 7.82. The molecule has 2 atom stereocenters. The van der Waals surface area contributed by atoms with Crippen LogP contribution >= 0.6 is 11.8 Å². The van der Waals surface area contributed by atoms with E-state index in [-0.39, 0.29) is 12.0 Å². The summed E-state index contributed by atoms with van der Waals surface area (Å²) in [7, 11) is 0. The average Bonchev–Trinajstić information content (AvgIpc) is 3.23. The van der Waals surface area contributed by atoms with Gasteiger partial charge in [-0.05, 0) is 60.3 Å². The van der Waals surface area contributed by atoms with Crippen LogP contribution in [-0.2, 0) is 4.74 Å². The molecular weight excluding hydrogens is 366 g/mol. The summed E-state index contributed by atoms with van der Waals surface area (Å²) in [5, 5.41) is 4.73. The van der Waals surface area contributed by atoms with Crippen LogP contribution in [0, 0.1) is 5.92 Å². The molecule has 2 aromatic carbocycles. The fraction of sp³-hybridized carbons (Fsp3) is 0.458. The number of ether oxygens (including phenoxy) is 1. The fourth-order valence-corrected chi connectivity index (χ4v) is 7.09. The van der Waals surface area contributed by atoms with Crippen molar-refractivity contribution >= 4 is 17.9 Å². The van der Waals surface area contributed by atoms with E-state index in [1.807, 2.05) is 0 Å². The lowest BCUT2D eigenvalue weighted by molar-refractivity contribution is 0.142. The summed E-state index contributed by atoms with van der Waals surface area (Å²) in [5.41, 5.74) is 5.03. The van der Waals surface area contributed by atoms with E-state index in [0.717, 1.165) is 29.4 Å². The first-order chi connectivity index (χ1) is 13.8. The number of amides is 1. The molecule has 1 amide bonds. The predicted molar refractivity (Wildman–Crippen MR) is 115 cm³/mol.